The number of carbonyl (C=O) groups is 1. The molecule has 2 N–H and O–H groups in total. The highest BCUT2D eigenvalue weighted by Crippen LogP contribution is 2.68. The van der Waals surface area contributed by atoms with Crippen molar-refractivity contribution in [1.82, 2.24) is 5.32 Å². The monoisotopic (exact) mass is 253 g/mol. The fourth-order valence-electron chi connectivity index (χ4n) is 2.27. The Morgan fingerprint density at radius 3 is 2.00 bits per heavy atom. The summed E-state index contributed by atoms with van der Waals surface area (Å²) >= 11 is 0. The van der Waals surface area contributed by atoms with E-state index in [4.69, 9.17) is 5.11 Å². The lowest BCUT2D eigenvalue weighted by molar-refractivity contribution is -0.201. The number of amides is 1. The maximum atomic E-state index is 12.0. The van der Waals surface area contributed by atoms with Crippen molar-refractivity contribution in [3.05, 3.63) is 0 Å². The summed E-state index contributed by atoms with van der Waals surface area (Å²) in [6, 6.07) is 0. The summed E-state index contributed by atoms with van der Waals surface area (Å²) in [6.45, 7) is 6.81. The van der Waals surface area contributed by atoms with Crippen LogP contribution >= 0.6 is 0 Å². The topological polar surface area (TPSA) is 49.3 Å². The SMILES string of the molecule is CC1(C)C(C(=O)NCC(O)C(F)(F)F)C1(C)C. The van der Waals surface area contributed by atoms with Gasteiger partial charge in [0, 0.05) is 5.92 Å². The highest BCUT2D eigenvalue weighted by Gasteiger charge is 2.68. The third kappa shape index (κ3) is 2.41. The number of nitrogens with one attached hydrogen (secondary N) is 1. The van der Waals surface area contributed by atoms with E-state index >= 15 is 0 Å². The summed E-state index contributed by atoms with van der Waals surface area (Å²) in [6.07, 6.45) is -7.20. The molecule has 6 heteroatoms. The third-order valence-electron chi connectivity index (χ3n) is 4.13. The summed E-state index contributed by atoms with van der Waals surface area (Å²) in [4.78, 5) is 11.7. The first-order valence-corrected chi connectivity index (χ1v) is 5.45. The molecule has 1 unspecified atom stereocenters. The molecule has 0 aromatic rings. The first-order valence-electron chi connectivity index (χ1n) is 5.45. The van der Waals surface area contributed by atoms with Crippen molar-refractivity contribution in [3.8, 4) is 0 Å². The lowest BCUT2D eigenvalue weighted by Gasteiger charge is -2.15. The van der Waals surface area contributed by atoms with Gasteiger partial charge in [-0.25, -0.2) is 0 Å². The summed E-state index contributed by atoms with van der Waals surface area (Å²) in [5.41, 5.74) is -0.444. The van der Waals surface area contributed by atoms with Gasteiger partial charge in [-0.15, -0.1) is 0 Å². The number of halogens is 3. The van der Waals surface area contributed by atoms with E-state index in [2.05, 4.69) is 5.32 Å². The first kappa shape index (κ1) is 14.3. The van der Waals surface area contributed by atoms with Crippen LogP contribution < -0.4 is 5.32 Å². The van der Waals surface area contributed by atoms with Crippen LogP contribution in [0.2, 0.25) is 0 Å². The molecule has 0 bridgehead atoms. The molecule has 1 atom stereocenters. The second kappa shape index (κ2) is 3.86. The van der Waals surface area contributed by atoms with Crippen molar-refractivity contribution in [3.63, 3.8) is 0 Å². The second-order valence-electron chi connectivity index (χ2n) is 5.68. The Balaban J connectivity index is 2.49. The van der Waals surface area contributed by atoms with Gasteiger partial charge in [-0.2, -0.15) is 13.2 Å². The predicted molar refractivity (Wildman–Crippen MR) is 56.1 cm³/mol. The van der Waals surface area contributed by atoms with Gasteiger partial charge in [0.25, 0.3) is 0 Å². The summed E-state index contributed by atoms with van der Waals surface area (Å²) in [5, 5.41) is 10.9. The van der Waals surface area contributed by atoms with Gasteiger partial charge in [-0.05, 0) is 10.8 Å². The molecular formula is C11H18F3NO2. The van der Waals surface area contributed by atoms with E-state index in [0.29, 0.717) is 0 Å². The number of alkyl halides is 3. The van der Waals surface area contributed by atoms with Gasteiger partial charge >= 0.3 is 6.18 Å². The van der Waals surface area contributed by atoms with Crippen LogP contribution in [0.5, 0.6) is 0 Å². The minimum atomic E-state index is -4.69. The molecule has 3 nitrogen and oxygen atoms in total. The van der Waals surface area contributed by atoms with Crippen molar-refractivity contribution < 1.29 is 23.1 Å². The molecule has 1 aliphatic rings. The van der Waals surface area contributed by atoms with Crippen LogP contribution in [-0.4, -0.2) is 29.8 Å². The largest absolute Gasteiger partial charge is 0.416 e. The number of carbonyl (C=O) groups excluding carboxylic acids is 1. The van der Waals surface area contributed by atoms with Crippen molar-refractivity contribution >= 4 is 5.91 Å². The van der Waals surface area contributed by atoms with Crippen molar-refractivity contribution in [2.45, 2.75) is 40.0 Å². The van der Waals surface area contributed by atoms with E-state index in [9.17, 15) is 18.0 Å². The maximum Gasteiger partial charge on any atom is 0.416 e. The molecule has 0 aliphatic heterocycles. The van der Waals surface area contributed by atoms with Crippen molar-refractivity contribution in [1.29, 1.82) is 0 Å². The molecule has 1 amide bonds. The lowest BCUT2D eigenvalue weighted by atomic mass is 10.0. The Bertz CT molecular complexity index is 309. The van der Waals surface area contributed by atoms with Crippen LogP contribution in [0.25, 0.3) is 0 Å². The van der Waals surface area contributed by atoms with Gasteiger partial charge in [-0.1, -0.05) is 27.7 Å². The standard InChI is InChI=1S/C11H18F3NO2/c1-9(2)7(10(9,3)4)8(17)15-5-6(16)11(12,13)14/h6-7,16H,5H2,1-4H3,(H,15,17). The van der Waals surface area contributed by atoms with E-state index in [1.807, 2.05) is 27.7 Å². The summed E-state index contributed by atoms with van der Waals surface area (Å²) in [5.74, 6) is -0.737. The van der Waals surface area contributed by atoms with Gasteiger partial charge < -0.3 is 10.4 Å². The number of hydrogen-bond acceptors (Lipinski definition) is 2. The first-order chi connectivity index (χ1) is 7.42. The minimum absolute atomic E-state index is 0.222. The van der Waals surface area contributed by atoms with Crippen molar-refractivity contribution in [2.24, 2.45) is 16.7 Å². The highest BCUT2D eigenvalue weighted by atomic mass is 19.4. The molecule has 1 saturated carbocycles. The zero-order valence-corrected chi connectivity index (χ0v) is 10.4. The van der Waals surface area contributed by atoms with Crippen LogP contribution in [-0.2, 0) is 4.79 Å². The quantitative estimate of drug-likeness (QED) is 0.804. The van der Waals surface area contributed by atoms with Crippen LogP contribution in [0, 0.1) is 16.7 Å². The molecule has 0 saturated heterocycles. The fraction of sp³-hybridized carbons (Fsp3) is 0.909. The zero-order valence-electron chi connectivity index (χ0n) is 10.4. The number of aliphatic hydroxyl groups excluding tert-OH is 1. The van der Waals surface area contributed by atoms with Gasteiger partial charge in [0.2, 0.25) is 5.91 Å². The lowest BCUT2D eigenvalue weighted by Crippen LogP contribution is -2.41. The highest BCUT2D eigenvalue weighted by molar-refractivity contribution is 5.84. The van der Waals surface area contributed by atoms with Gasteiger partial charge in [0.15, 0.2) is 6.10 Å². The number of aliphatic hydroxyl groups is 1. The van der Waals surface area contributed by atoms with Crippen molar-refractivity contribution in [2.75, 3.05) is 6.54 Å². The average Bonchev–Trinajstić information content (AvgIpc) is 2.51. The maximum absolute atomic E-state index is 12.0. The minimum Gasteiger partial charge on any atom is -0.382 e. The molecular weight excluding hydrogens is 235 g/mol. The van der Waals surface area contributed by atoms with E-state index in [-0.39, 0.29) is 16.7 Å². The van der Waals surface area contributed by atoms with E-state index < -0.39 is 24.7 Å². The van der Waals surface area contributed by atoms with Gasteiger partial charge in [-0.3, -0.25) is 4.79 Å². The number of hydrogen-bond donors (Lipinski definition) is 2. The molecule has 0 aromatic carbocycles. The molecule has 0 radical (unpaired) electrons. The van der Waals surface area contributed by atoms with Gasteiger partial charge in [0.05, 0.1) is 6.54 Å². The molecule has 1 aliphatic carbocycles. The van der Waals surface area contributed by atoms with E-state index in [0.717, 1.165) is 0 Å². The molecule has 100 valence electrons. The molecule has 0 heterocycles. The normalized spacial score (nSPS) is 24.2. The third-order valence-corrected chi connectivity index (χ3v) is 4.13. The predicted octanol–water partition coefficient (Wildman–Crippen LogP) is 1.71. The summed E-state index contributed by atoms with van der Waals surface area (Å²) in [7, 11) is 0. The van der Waals surface area contributed by atoms with Crippen LogP contribution in [0.3, 0.4) is 0 Å². The molecule has 1 rings (SSSR count). The molecule has 0 spiro atoms. The smallest absolute Gasteiger partial charge is 0.382 e. The Morgan fingerprint density at radius 2 is 1.71 bits per heavy atom. The molecule has 1 fully saturated rings. The zero-order chi connectivity index (χ0) is 13.6. The Kier molecular flexibility index (Phi) is 3.25. The fourth-order valence-corrected chi connectivity index (χ4v) is 2.27. The Labute approximate surface area is 98.4 Å². The average molecular weight is 253 g/mol. The molecule has 0 aromatic heterocycles. The van der Waals surface area contributed by atoms with E-state index in [1.54, 1.807) is 0 Å². The summed E-state index contributed by atoms with van der Waals surface area (Å²) < 4.78 is 36.1. The van der Waals surface area contributed by atoms with Crippen LogP contribution in [0.1, 0.15) is 27.7 Å². The molecule has 17 heavy (non-hydrogen) atoms. The number of rotatable bonds is 3. The Morgan fingerprint density at radius 1 is 1.29 bits per heavy atom. The van der Waals surface area contributed by atoms with Crippen LogP contribution in [0.4, 0.5) is 13.2 Å². The Hall–Kier alpha value is -0.780. The van der Waals surface area contributed by atoms with Gasteiger partial charge in [0.1, 0.15) is 0 Å². The van der Waals surface area contributed by atoms with Crippen LogP contribution in [0.15, 0.2) is 0 Å². The second-order valence-corrected chi connectivity index (χ2v) is 5.68. The van der Waals surface area contributed by atoms with E-state index in [1.165, 1.54) is 0 Å².